The number of halogens is 2. The number of imidazole rings is 1. The summed E-state index contributed by atoms with van der Waals surface area (Å²) in [6, 6.07) is 3.99. The van der Waals surface area contributed by atoms with Gasteiger partial charge in [-0.2, -0.15) is 5.10 Å². The zero-order valence-corrected chi connectivity index (χ0v) is 16.7. The van der Waals surface area contributed by atoms with Crippen LogP contribution in [0.15, 0.2) is 36.8 Å². The molecule has 1 aliphatic rings. The van der Waals surface area contributed by atoms with E-state index in [0.29, 0.717) is 16.9 Å². The van der Waals surface area contributed by atoms with Crippen LogP contribution in [0, 0.1) is 5.82 Å². The summed E-state index contributed by atoms with van der Waals surface area (Å²) in [5, 5.41) is 7.12. The molecule has 1 amide bonds. The molecule has 2 heterocycles. The van der Waals surface area contributed by atoms with Crippen LogP contribution in [0.5, 0.6) is 0 Å². The summed E-state index contributed by atoms with van der Waals surface area (Å²) in [5.74, 6) is -0.479. The third-order valence-electron chi connectivity index (χ3n) is 5.06. The smallest absolute Gasteiger partial charge is 0.261 e. The maximum absolute atomic E-state index is 13.4. The highest BCUT2D eigenvalue weighted by atomic mass is 35.5. The summed E-state index contributed by atoms with van der Waals surface area (Å²) in [7, 11) is 3.62. The summed E-state index contributed by atoms with van der Waals surface area (Å²) in [6.45, 7) is 0. The number of carbonyl (C=O) groups excluding carboxylic acids is 1. The van der Waals surface area contributed by atoms with Gasteiger partial charge < -0.3 is 15.6 Å². The number of amides is 1. The number of nitrogens with zero attached hydrogens (tertiary/aromatic N) is 4. The highest BCUT2D eigenvalue weighted by Gasteiger charge is 2.29. The zero-order valence-electron chi connectivity index (χ0n) is 16.0. The van der Waals surface area contributed by atoms with Crippen molar-refractivity contribution >= 4 is 34.6 Å². The van der Waals surface area contributed by atoms with Crippen LogP contribution in [0.25, 0.3) is 5.57 Å². The molecule has 0 bridgehead atoms. The Kier molecular flexibility index (Phi) is 4.87. The second kappa shape index (κ2) is 7.36. The summed E-state index contributed by atoms with van der Waals surface area (Å²) in [4.78, 5) is 17.4. The van der Waals surface area contributed by atoms with Crippen molar-refractivity contribution in [1.82, 2.24) is 19.3 Å². The number of hydrogen-bond donors (Lipinski definition) is 2. The van der Waals surface area contributed by atoms with Crippen molar-refractivity contribution in [3.63, 3.8) is 0 Å². The number of hydrogen-bond acceptors (Lipinski definition) is 4. The molecule has 0 saturated heterocycles. The fourth-order valence-corrected chi connectivity index (χ4v) is 3.71. The Bertz CT molecular complexity index is 1130. The Morgan fingerprint density at radius 1 is 1.38 bits per heavy atom. The number of nitrogens with two attached hydrogens (primary N) is 1. The van der Waals surface area contributed by atoms with E-state index in [1.165, 1.54) is 22.9 Å². The molecule has 0 fully saturated rings. The molecule has 4 rings (SSSR count). The predicted octanol–water partition coefficient (Wildman–Crippen LogP) is 3.74. The molecule has 0 spiro atoms. The van der Waals surface area contributed by atoms with Crippen LogP contribution >= 0.6 is 11.6 Å². The first-order valence-electron chi connectivity index (χ1n) is 9.09. The first-order valence-corrected chi connectivity index (χ1v) is 9.47. The first kappa shape index (κ1) is 19.2. The first-order chi connectivity index (χ1) is 13.8. The minimum absolute atomic E-state index is 0.0705. The topological polar surface area (TPSA) is 90.8 Å². The summed E-state index contributed by atoms with van der Waals surface area (Å²) in [5.41, 5.74) is 9.32. The molecule has 1 atom stereocenters. The van der Waals surface area contributed by atoms with Crippen LogP contribution in [0.4, 0.5) is 15.9 Å². The highest BCUT2D eigenvalue weighted by Crippen LogP contribution is 2.39. The van der Waals surface area contributed by atoms with Crippen molar-refractivity contribution in [1.29, 1.82) is 0 Å². The third-order valence-corrected chi connectivity index (χ3v) is 5.35. The van der Waals surface area contributed by atoms with E-state index in [4.69, 9.17) is 17.3 Å². The molecule has 150 valence electrons. The fourth-order valence-electron chi connectivity index (χ4n) is 3.53. The number of aromatic nitrogens is 4. The van der Waals surface area contributed by atoms with Crippen LogP contribution in [-0.2, 0) is 14.1 Å². The van der Waals surface area contributed by atoms with Gasteiger partial charge in [-0.05, 0) is 36.6 Å². The second-order valence-corrected chi connectivity index (χ2v) is 7.55. The monoisotopic (exact) mass is 414 g/mol. The lowest BCUT2D eigenvalue weighted by Gasteiger charge is -2.09. The van der Waals surface area contributed by atoms with Crippen molar-refractivity contribution < 1.29 is 9.18 Å². The van der Waals surface area contributed by atoms with E-state index in [2.05, 4.69) is 21.5 Å². The van der Waals surface area contributed by atoms with Gasteiger partial charge in [-0.3, -0.25) is 9.48 Å². The molecular weight excluding hydrogens is 395 g/mol. The minimum Gasteiger partial charge on any atom is -0.383 e. The lowest BCUT2D eigenvalue weighted by Crippen LogP contribution is -2.15. The number of rotatable bonds is 4. The van der Waals surface area contributed by atoms with Gasteiger partial charge in [0.15, 0.2) is 0 Å². The quantitative estimate of drug-likeness (QED) is 0.680. The summed E-state index contributed by atoms with van der Waals surface area (Å²) in [6.07, 6.45) is 7.39. The van der Waals surface area contributed by atoms with Crippen LogP contribution in [0.3, 0.4) is 0 Å². The molecule has 3 aromatic rings. The van der Waals surface area contributed by atoms with E-state index < -0.39 is 11.7 Å². The number of anilines is 2. The predicted molar refractivity (Wildman–Crippen MR) is 110 cm³/mol. The van der Waals surface area contributed by atoms with Gasteiger partial charge in [0, 0.05) is 31.9 Å². The van der Waals surface area contributed by atoms with Gasteiger partial charge in [-0.15, -0.1) is 0 Å². The average molecular weight is 415 g/mol. The van der Waals surface area contributed by atoms with Gasteiger partial charge in [-0.1, -0.05) is 17.7 Å². The molecule has 0 radical (unpaired) electrons. The van der Waals surface area contributed by atoms with Crippen LogP contribution in [0.2, 0.25) is 5.02 Å². The molecule has 7 nitrogen and oxygen atoms in total. The number of carbonyl (C=O) groups is 1. The van der Waals surface area contributed by atoms with Crippen molar-refractivity contribution in [3.8, 4) is 0 Å². The largest absolute Gasteiger partial charge is 0.383 e. The average Bonchev–Trinajstić information content (AvgIpc) is 3.38. The van der Waals surface area contributed by atoms with Crippen molar-refractivity contribution in [2.45, 2.75) is 18.8 Å². The maximum Gasteiger partial charge on any atom is 0.261 e. The standard InChI is InChI=1S/C20H20ClFN6O/c1-27-9-16(24-10-27)11-3-4-12(7-11)18-17(19(23)28(2)26-18)20(29)25-13-5-6-15(22)14(21)8-13/h4-6,8-11H,3,7,23H2,1-2H3,(H,25,29). The SMILES string of the molecule is Cn1cnc(C2CC=C(c3nn(C)c(N)c3C(=O)Nc3ccc(F)c(Cl)c3)C2)c1. The fraction of sp³-hybridized carbons (Fsp3) is 0.250. The molecule has 9 heteroatoms. The van der Waals surface area contributed by atoms with Crippen molar-refractivity contribution in [3.05, 3.63) is 64.6 Å². The maximum atomic E-state index is 13.4. The molecule has 0 aliphatic heterocycles. The Morgan fingerprint density at radius 2 is 2.17 bits per heavy atom. The second-order valence-electron chi connectivity index (χ2n) is 7.15. The number of benzene rings is 1. The van der Waals surface area contributed by atoms with E-state index in [1.807, 2.05) is 17.8 Å². The molecule has 29 heavy (non-hydrogen) atoms. The normalized spacial score (nSPS) is 16.1. The van der Waals surface area contributed by atoms with E-state index in [-0.39, 0.29) is 16.8 Å². The van der Waals surface area contributed by atoms with Crippen LogP contribution < -0.4 is 11.1 Å². The molecule has 0 saturated carbocycles. The van der Waals surface area contributed by atoms with Gasteiger partial charge in [0.1, 0.15) is 22.9 Å². The summed E-state index contributed by atoms with van der Waals surface area (Å²) >= 11 is 5.81. The van der Waals surface area contributed by atoms with Gasteiger partial charge in [-0.25, -0.2) is 9.37 Å². The van der Waals surface area contributed by atoms with Crippen molar-refractivity contribution in [2.75, 3.05) is 11.1 Å². The Morgan fingerprint density at radius 3 is 2.86 bits per heavy atom. The molecule has 1 aromatic carbocycles. The van der Waals surface area contributed by atoms with Crippen LogP contribution in [-0.4, -0.2) is 25.2 Å². The minimum atomic E-state index is -0.553. The Balaban J connectivity index is 1.60. The molecule has 1 aliphatic carbocycles. The van der Waals surface area contributed by atoms with E-state index in [1.54, 1.807) is 13.4 Å². The van der Waals surface area contributed by atoms with Gasteiger partial charge in [0.25, 0.3) is 5.91 Å². The highest BCUT2D eigenvalue weighted by molar-refractivity contribution is 6.31. The van der Waals surface area contributed by atoms with Gasteiger partial charge in [0.2, 0.25) is 0 Å². The lowest BCUT2D eigenvalue weighted by molar-refractivity contribution is 0.102. The van der Waals surface area contributed by atoms with Crippen LogP contribution in [0.1, 0.15) is 40.5 Å². The summed E-state index contributed by atoms with van der Waals surface area (Å²) < 4.78 is 16.8. The number of aryl methyl sites for hydroxylation is 2. The lowest BCUT2D eigenvalue weighted by atomic mass is 9.99. The zero-order chi connectivity index (χ0) is 20.7. The number of nitrogens with one attached hydrogen (secondary N) is 1. The van der Waals surface area contributed by atoms with Gasteiger partial charge in [0.05, 0.1) is 17.0 Å². The third kappa shape index (κ3) is 3.63. The van der Waals surface area contributed by atoms with Gasteiger partial charge >= 0.3 is 0 Å². The molecule has 3 N–H and O–H groups in total. The van der Waals surface area contributed by atoms with E-state index in [9.17, 15) is 9.18 Å². The number of nitrogen functional groups attached to an aromatic ring is 1. The Hall–Kier alpha value is -3.13. The number of allylic oxidation sites excluding steroid dienone is 2. The van der Waals surface area contributed by atoms with Crippen molar-refractivity contribution in [2.24, 2.45) is 14.1 Å². The van der Waals surface area contributed by atoms with E-state index in [0.717, 1.165) is 24.1 Å². The molecule has 1 unspecified atom stereocenters. The molecule has 2 aromatic heterocycles. The molecular formula is C20H20ClFN6O. The van der Waals surface area contributed by atoms with E-state index >= 15 is 0 Å². The Labute approximate surface area is 172 Å².